The van der Waals surface area contributed by atoms with Crippen LogP contribution in [0.25, 0.3) is 0 Å². The van der Waals surface area contributed by atoms with E-state index in [9.17, 15) is 14.4 Å². The molecule has 7 nitrogen and oxygen atoms in total. The number of methoxy groups -OCH3 is 1. The molecule has 0 radical (unpaired) electrons. The minimum atomic E-state index is -0.922. The molecule has 23 heavy (non-hydrogen) atoms. The average Bonchev–Trinajstić information content (AvgIpc) is 2.95. The van der Waals surface area contributed by atoms with Crippen LogP contribution in [-0.2, 0) is 19.1 Å². The number of aliphatic carboxylic acids is 1. The van der Waals surface area contributed by atoms with E-state index >= 15 is 0 Å². The van der Waals surface area contributed by atoms with Crippen molar-refractivity contribution in [3.63, 3.8) is 0 Å². The summed E-state index contributed by atoms with van der Waals surface area (Å²) in [6.07, 6.45) is 3.16. The zero-order valence-electron chi connectivity index (χ0n) is 13.9. The molecule has 0 aromatic carbocycles. The van der Waals surface area contributed by atoms with Crippen LogP contribution in [0.5, 0.6) is 0 Å². The normalized spacial score (nSPS) is 28.0. The quantitative estimate of drug-likeness (QED) is 0.810. The van der Waals surface area contributed by atoms with E-state index in [1.54, 1.807) is 23.8 Å². The molecule has 0 spiro atoms. The Hall–Kier alpha value is -1.63. The maximum Gasteiger partial charge on any atom is 0.305 e. The molecular weight excluding hydrogens is 300 g/mol. The van der Waals surface area contributed by atoms with Gasteiger partial charge in [0, 0.05) is 32.7 Å². The van der Waals surface area contributed by atoms with E-state index in [0.717, 1.165) is 12.8 Å². The van der Waals surface area contributed by atoms with Gasteiger partial charge < -0.3 is 19.6 Å². The summed E-state index contributed by atoms with van der Waals surface area (Å²) in [5, 5.41) is 9.08. The number of rotatable bonds is 5. The number of carbonyl (C=O) groups excluding carboxylic acids is 2. The van der Waals surface area contributed by atoms with Crippen molar-refractivity contribution in [1.82, 2.24) is 9.80 Å². The van der Waals surface area contributed by atoms with Gasteiger partial charge in [-0.15, -0.1) is 0 Å². The molecule has 0 saturated carbocycles. The summed E-state index contributed by atoms with van der Waals surface area (Å²) in [5.74, 6) is -1.06. The fourth-order valence-corrected chi connectivity index (χ4v) is 3.59. The number of carboxylic acids is 1. The monoisotopic (exact) mass is 326 g/mol. The molecule has 0 bridgehead atoms. The lowest BCUT2D eigenvalue weighted by Gasteiger charge is -2.38. The van der Waals surface area contributed by atoms with Gasteiger partial charge in [0.2, 0.25) is 11.8 Å². The molecule has 0 aliphatic carbocycles. The third-order valence-corrected chi connectivity index (χ3v) is 4.81. The molecule has 130 valence electrons. The van der Waals surface area contributed by atoms with Gasteiger partial charge in [0.25, 0.3) is 0 Å². The summed E-state index contributed by atoms with van der Waals surface area (Å²) in [5.41, 5.74) is 0. The number of amides is 2. The predicted molar refractivity (Wildman–Crippen MR) is 82.8 cm³/mol. The first kappa shape index (κ1) is 17.7. The van der Waals surface area contributed by atoms with Crippen LogP contribution in [0, 0.1) is 0 Å². The Kier molecular flexibility index (Phi) is 5.98. The summed E-state index contributed by atoms with van der Waals surface area (Å²) >= 11 is 0. The van der Waals surface area contributed by atoms with Crippen molar-refractivity contribution in [3.05, 3.63) is 0 Å². The number of piperidine rings is 1. The van der Waals surface area contributed by atoms with Gasteiger partial charge in [-0.1, -0.05) is 6.92 Å². The second-order valence-electron chi connectivity index (χ2n) is 6.29. The van der Waals surface area contributed by atoms with Crippen LogP contribution in [0.15, 0.2) is 0 Å². The van der Waals surface area contributed by atoms with E-state index in [1.807, 2.05) is 0 Å². The Balaban J connectivity index is 2.14. The second kappa shape index (κ2) is 7.77. The highest BCUT2D eigenvalue weighted by molar-refractivity contribution is 5.88. The van der Waals surface area contributed by atoms with E-state index in [4.69, 9.17) is 9.84 Å². The van der Waals surface area contributed by atoms with Gasteiger partial charge in [-0.2, -0.15) is 0 Å². The smallest absolute Gasteiger partial charge is 0.305 e. The average molecular weight is 326 g/mol. The Morgan fingerprint density at radius 2 is 1.96 bits per heavy atom. The van der Waals surface area contributed by atoms with Crippen molar-refractivity contribution in [2.24, 2.45) is 0 Å². The highest BCUT2D eigenvalue weighted by Gasteiger charge is 2.41. The third kappa shape index (κ3) is 4.02. The lowest BCUT2D eigenvalue weighted by atomic mass is 9.99. The third-order valence-electron chi connectivity index (χ3n) is 4.81. The van der Waals surface area contributed by atoms with Crippen LogP contribution in [0.3, 0.4) is 0 Å². The van der Waals surface area contributed by atoms with E-state index < -0.39 is 12.0 Å². The number of nitrogens with zero attached hydrogens (tertiary/aromatic N) is 2. The summed E-state index contributed by atoms with van der Waals surface area (Å²) in [4.78, 5) is 39.4. The number of likely N-dealkylation sites (tertiary alicyclic amines) is 2. The Morgan fingerprint density at radius 1 is 1.22 bits per heavy atom. The Morgan fingerprint density at radius 3 is 2.57 bits per heavy atom. The van der Waals surface area contributed by atoms with Gasteiger partial charge in [-0.25, -0.2) is 0 Å². The number of ether oxygens (including phenoxy) is 1. The second-order valence-corrected chi connectivity index (χ2v) is 6.29. The summed E-state index contributed by atoms with van der Waals surface area (Å²) in [7, 11) is 1.57. The molecule has 2 rings (SSSR count). The molecule has 2 saturated heterocycles. The lowest BCUT2D eigenvalue weighted by molar-refractivity contribution is -0.149. The van der Waals surface area contributed by atoms with Crippen LogP contribution in [0.2, 0.25) is 0 Å². The first-order valence-corrected chi connectivity index (χ1v) is 8.32. The van der Waals surface area contributed by atoms with Gasteiger partial charge >= 0.3 is 5.97 Å². The van der Waals surface area contributed by atoms with Crippen molar-refractivity contribution in [1.29, 1.82) is 0 Å². The van der Waals surface area contributed by atoms with Crippen molar-refractivity contribution in [2.75, 3.05) is 20.2 Å². The Bertz CT molecular complexity index is 467. The van der Waals surface area contributed by atoms with Gasteiger partial charge in [-0.3, -0.25) is 14.4 Å². The van der Waals surface area contributed by atoms with Crippen LogP contribution < -0.4 is 0 Å². The molecule has 3 atom stereocenters. The van der Waals surface area contributed by atoms with Crippen LogP contribution in [0.1, 0.15) is 45.4 Å². The molecule has 2 heterocycles. The van der Waals surface area contributed by atoms with Crippen LogP contribution in [-0.4, -0.2) is 71.1 Å². The molecular formula is C16H26N2O5. The molecule has 2 aliphatic rings. The first-order valence-electron chi connectivity index (χ1n) is 8.32. The molecule has 3 unspecified atom stereocenters. The first-order chi connectivity index (χ1) is 11.0. The van der Waals surface area contributed by atoms with Crippen molar-refractivity contribution >= 4 is 17.8 Å². The largest absolute Gasteiger partial charge is 0.481 e. The number of hydrogen-bond acceptors (Lipinski definition) is 4. The molecule has 1 N–H and O–H groups in total. The van der Waals surface area contributed by atoms with Crippen molar-refractivity contribution in [2.45, 2.75) is 63.6 Å². The number of hydrogen-bond donors (Lipinski definition) is 1. The maximum atomic E-state index is 13.0. The van der Waals surface area contributed by atoms with E-state index in [0.29, 0.717) is 32.4 Å². The van der Waals surface area contributed by atoms with Crippen molar-refractivity contribution < 1.29 is 24.2 Å². The summed E-state index contributed by atoms with van der Waals surface area (Å²) in [6, 6.07) is -0.812. The molecule has 7 heteroatoms. The zero-order chi connectivity index (χ0) is 17.0. The predicted octanol–water partition coefficient (Wildman–Crippen LogP) is 0.868. The minimum absolute atomic E-state index is 0.0136. The fourth-order valence-electron chi connectivity index (χ4n) is 3.59. The van der Waals surface area contributed by atoms with E-state index in [1.165, 1.54) is 0 Å². The van der Waals surface area contributed by atoms with Gasteiger partial charge in [0.15, 0.2) is 0 Å². The highest BCUT2D eigenvalue weighted by Crippen LogP contribution is 2.27. The topological polar surface area (TPSA) is 87.2 Å². The Labute approximate surface area is 136 Å². The molecule has 2 fully saturated rings. The highest BCUT2D eigenvalue weighted by atomic mass is 16.5. The summed E-state index contributed by atoms with van der Waals surface area (Å²) in [6.45, 7) is 2.80. The SMILES string of the molecule is CCC(=O)N1CCCCC1C(=O)N1CC(OC)CC1CC(=O)O. The molecule has 0 aromatic heterocycles. The van der Waals surface area contributed by atoms with E-state index in [-0.39, 0.29) is 30.4 Å². The van der Waals surface area contributed by atoms with E-state index in [2.05, 4.69) is 0 Å². The molecule has 0 aromatic rings. The maximum absolute atomic E-state index is 13.0. The minimum Gasteiger partial charge on any atom is -0.481 e. The lowest BCUT2D eigenvalue weighted by Crippen LogP contribution is -2.54. The van der Waals surface area contributed by atoms with Gasteiger partial charge in [0.05, 0.1) is 12.5 Å². The number of carboxylic acid groups (broad SMARTS) is 1. The summed E-state index contributed by atoms with van der Waals surface area (Å²) < 4.78 is 5.32. The number of carbonyl (C=O) groups is 3. The van der Waals surface area contributed by atoms with Gasteiger partial charge in [-0.05, 0) is 25.7 Å². The molecule has 2 amide bonds. The molecule has 2 aliphatic heterocycles. The van der Waals surface area contributed by atoms with Crippen molar-refractivity contribution in [3.8, 4) is 0 Å². The van der Waals surface area contributed by atoms with Crippen LogP contribution in [0.4, 0.5) is 0 Å². The zero-order valence-corrected chi connectivity index (χ0v) is 13.9. The standard InChI is InChI=1S/C16H26N2O5/c1-3-14(19)17-7-5-4-6-13(17)16(22)18-10-12(23-2)8-11(18)9-15(20)21/h11-13H,3-10H2,1-2H3,(H,20,21). The van der Waals surface area contributed by atoms with Crippen LogP contribution >= 0.6 is 0 Å². The van der Waals surface area contributed by atoms with Gasteiger partial charge in [0.1, 0.15) is 6.04 Å². The fraction of sp³-hybridized carbons (Fsp3) is 0.812.